The molecule has 146 valence electrons. The van der Waals surface area contributed by atoms with Crippen molar-refractivity contribution < 1.29 is 22.7 Å². The fraction of sp³-hybridized carbons (Fsp3) is 0.350. The highest BCUT2D eigenvalue weighted by Crippen LogP contribution is 2.31. The van der Waals surface area contributed by atoms with Crippen LogP contribution in [0.2, 0.25) is 0 Å². The Labute approximate surface area is 163 Å². The van der Waals surface area contributed by atoms with Gasteiger partial charge in [-0.2, -0.15) is 5.26 Å². The van der Waals surface area contributed by atoms with Gasteiger partial charge in [-0.15, -0.1) is 0 Å². The van der Waals surface area contributed by atoms with E-state index in [9.17, 15) is 23.3 Å². The molecule has 0 bridgehead atoms. The van der Waals surface area contributed by atoms with Gasteiger partial charge >= 0.3 is 0 Å². The van der Waals surface area contributed by atoms with Gasteiger partial charge in [0, 0.05) is 5.57 Å². The second-order valence-corrected chi connectivity index (χ2v) is 8.94. The van der Waals surface area contributed by atoms with Gasteiger partial charge in [-0.05, 0) is 49.6 Å². The summed E-state index contributed by atoms with van der Waals surface area (Å²) >= 11 is 0. The minimum Gasteiger partial charge on any atom is -0.494 e. The minimum atomic E-state index is -3.29. The number of carbonyl (C=O) groups excluding carboxylic acids is 2. The molecular formula is C20H20N2O5S. The van der Waals surface area contributed by atoms with E-state index in [0.29, 0.717) is 23.5 Å². The highest BCUT2D eigenvalue weighted by Gasteiger charge is 2.43. The van der Waals surface area contributed by atoms with Gasteiger partial charge < -0.3 is 4.74 Å². The van der Waals surface area contributed by atoms with Gasteiger partial charge in [0.05, 0.1) is 24.2 Å². The molecule has 28 heavy (non-hydrogen) atoms. The average Bonchev–Trinajstić information content (AvgIpc) is 3.00. The van der Waals surface area contributed by atoms with Crippen LogP contribution in [0.25, 0.3) is 6.08 Å². The van der Waals surface area contributed by atoms with Crippen LogP contribution in [-0.2, 0) is 19.4 Å². The van der Waals surface area contributed by atoms with Crippen molar-refractivity contribution in [3.05, 3.63) is 46.5 Å². The van der Waals surface area contributed by atoms with Crippen molar-refractivity contribution in [1.29, 1.82) is 5.26 Å². The topological polar surface area (TPSA) is 105 Å². The van der Waals surface area contributed by atoms with Crippen LogP contribution in [0, 0.1) is 11.3 Å². The molecule has 0 unspecified atom stereocenters. The summed E-state index contributed by atoms with van der Waals surface area (Å²) in [5.74, 6) is -0.943. The van der Waals surface area contributed by atoms with Gasteiger partial charge in [0.25, 0.3) is 11.8 Å². The summed E-state index contributed by atoms with van der Waals surface area (Å²) in [5, 5.41) is 9.43. The summed E-state index contributed by atoms with van der Waals surface area (Å²) in [4.78, 5) is 26.7. The van der Waals surface area contributed by atoms with E-state index in [1.165, 1.54) is 0 Å². The van der Waals surface area contributed by atoms with E-state index in [0.717, 1.165) is 4.90 Å². The van der Waals surface area contributed by atoms with E-state index in [1.807, 2.05) is 13.0 Å². The van der Waals surface area contributed by atoms with E-state index in [-0.39, 0.29) is 29.1 Å². The summed E-state index contributed by atoms with van der Waals surface area (Å²) in [6.45, 7) is 3.97. The molecule has 3 rings (SSSR count). The number of imide groups is 1. The summed E-state index contributed by atoms with van der Waals surface area (Å²) in [6.07, 6.45) is 1.79. The van der Waals surface area contributed by atoms with Crippen LogP contribution >= 0.6 is 0 Å². The first-order valence-corrected chi connectivity index (χ1v) is 10.7. The summed E-state index contributed by atoms with van der Waals surface area (Å²) in [5.41, 5.74) is 1.07. The van der Waals surface area contributed by atoms with Gasteiger partial charge in [-0.3, -0.25) is 14.5 Å². The first kappa shape index (κ1) is 19.8. The Morgan fingerprint density at radius 2 is 1.93 bits per heavy atom. The maximum absolute atomic E-state index is 13.1. The second-order valence-electron chi connectivity index (χ2n) is 6.71. The van der Waals surface area contributed by atoms with Crippen LogP contribution in [0.4, 0.5) is 0 Å². The van der Waals surface area contributed by atoms with Crippen molar-refractivity contribution in [3.8, 4) is 11.8 Å². The zero-order chi connectivity index (χ0) is 20.5. The molecule has 2 aliphatic rings. The lowest BCUT2D eigenvalue weighted by molar-refractivity contribution is -0.142. The fourth-order valence-electron chi connectivity index (χ4n) is 3.40. The van der Waals surface area contributed by atoms with Crippen molar-refractivity contribution in [1.82, 2.24) is 4.90 Å². The lowest BCUT2D eigenvalue weighted by Gasteiger charge is -2.31. The third-order valence-corrected chi connectivity index (χ3v) is 6.60. The SMILES string of the molecule is CCOc1ccc(/C=C2\C(=O)N([C@H]3CCS(=O)(=O)C3)C(=O)C(C#N)=C2C)cc1. The molecule has 0 spiro atoms. The summed E-state index contributed by atoms with van der Waals surface area (Å²) in [7, 11) is -3.29. The Hall–Kier alpha value is -2.92. The minimum absolute atomic E-state index is 0.0722. The molecular weight excluding hydrogens is 380 g/mol. The third kappa shape index (κ3) is 3.71. The standard InChI is InChI=1S/C20H20N2O5S/c1-3-27-16-6-4-14(5-7-16)10-17-13(2)18(11-21)20(24)22(19(17)23)15-8-9-28(25,26)12-15/h4-7,10,15H,3,8-9,12H2,1-2H3/b17-10-/t15-/m0/s1. The lowest BCUT2D eigenvalue weighted by atomic mass is 9.92. The van der Waals surface area contributed by atoms with Crippen LogP contribution in [-0.4, -0.2) is 49.3 Å². The Bertz CT molecular complexity index is 1030. The third-order valence-electron chi connectivity index (χ3n) is 4.85. The number of amides is 2. The Morgan fingerprint density at radius 1 is 1.25 bits per heavy atom. The maximum Gasteiger partial charge on any atom is 0.271 e. The van der Waals surface area contributed by atoms with Gasteiger partial charge in [-0.25, -0.2) is 8.42 Å². The predicted molar refractivity (Wildman–Crippen MR) is 103 cm³/mol. The van der Waals surface area contributed by atoms with E-state index >= 15 is 0 Å². The average molecular weight is 400 g/mol. The lowest BCUT2D eigenvalue weighted by Crippen LogP contribution is -2.49. The molecule has 2 aliphatic heterocycles. The molecule has 2 heterocycles. The van der Waals surface area contributed by atoms with Crippen molar-refractivity contribution in [3.63, 3.8) is 0 Å². The van der Waals surface area contributed by atoms with Gasteiger partial charge in [0.2, 0.25) is 0 Å². The molecule has 1 saturated heterocycles. The molecule has 0 aromatic heterocycles. The number of sulfone groups is 1. The fourth-order valence-corrected chi connectivity index (χ4v) is 5.10. The molecule has 1 fully saturated rings. The highest BCUT2D eigenvalue weighted by atomic mass is 32.2. The largest absolute Gasteiger partial charge is 0.494 e. The van der Waals surface area contributed by atoms with Crippen LogP contribution in [0.15, 0.2) is 41.0 Å². The number of hydrogen-bond donors (Lipinski definition) is 0. The van der Waals surface area contributed by atoms with Crippen LogP contribution < -0.4 is 4.74 Å². The zero-order valence-corrected chi connectivity index (χ0v) is 16.5. The Balaban J connectivity index is 2.02. The molecule has 1 atom stereocenters. The van der Waals surface area contributed by atoms with Crippen molar-refractivity contribution in [2.45, 2.75) is 26.3 Å². The van der Waals surface area contributed by atoms with Crippen molar-refractivity contribution >= 4 is 27.7 Å². The zero-order valence-electron chi connectivity index (χ0n) is 15.6. The van der Waals surface area contributed by atoms with Gasteiger partial charge in [0.15, 0.2) is 9.84 Å². The summed E-state index contributed by atoms with van der Waals surface area (Å²) in [6, 6.07) is 8.19. The first-order valence-electron chi connectivity index (χ1n) is 8.91. The molecule has 1 aromatic rings. The van der Waals surface area contributed by atoms with Crippen LogP contribution in [0.5, 0.6) is 5.75 Å². The predicted octanol–water partition coefficient (Wildman–Crippen LogP) is 1.86. The quantitative estimate of drug-likeness (QED) is 0.564. The van der Waals surface area contributed by atoms with Crippen molar-refractivity contribution in [2.75, 3.05) is 18.1 Å². The van der Waals surface area contributed by atoms with Crippen LogP contribution in [0.1, 0.15) is 25.8 Å². The number of nitrogens with zero attached hydrogens (tertiary/aromatic N) is 2. The molecule has 0 radical (unpaired) electrons. The number of carbonyl (C=O) groups is 2. The Morgan fingerprint density at radius 3 is 2.46 bits per heavy atom. The number of hydrogen-bond acceptors (Lipinski definition) is 6. The van der Waals surface area contributed by atoms with Gasteiger partial charge in [-0.1, -0.05) is 12.1 Å². The number of benzene rings is 1. The first-order chi connectivity index (χ1) is 13.3. The van der Waals surface area contributed by atoms with E-state index in [1.54, 1.807) is 37.3 Å². The second kappa shape index (κ2) is 7.60. The number of nitriles is 1. The van der Waals surface area contributed by atoms with E-state index in [4.69, 9.17) is 4.74 Å². The van der Waals surface area contributed by atoms with E-state index in [2.05, 4.69) is 0 Å². The molecule has 8 heteroatoms. The maximum atomic E-state index is 13.1. The van der Waals surface area contributed by atoms with Crippen LogP contribution in [0.3, 0.4) is 0 Å². The molecule has 2 amide bonds. The molecule has 1 aromatic carbocycles. The highest BCUT2D eigenvalue weighted by molar-refractivity contribution is 7.91. The smallest absolute Gasteiger partial charge is 0.271 e. The van der Waals surface area contributed by atoms with Crippen molar-refractivity contribution in [2.24, 2.45) is 0 Å². The van der Waals surface area contributed by atoms with E-state index < -0.39 is 27.7 Å². The number of ether oxygens (including phenoxy) is 1. The van der Waals surface area contributed by atoms with Gasteiger partial charge in [0.1, 0.15) is 17.4 Å². The molecule has 0 saturated carbocycles. The summed E-state index contributed by atoms with van der Waals surface area (Å²) < 4.78 is 29.0. The normalized spacial score (nSPS) is 23.2. The molecule has 0 N–H and O–H groups in total. The molecule has 7 nitrogen and oxygen atoms in total. The monoisotopic (exact) mass is 400 g/mol. The number of rotatable bonds is 4. The Kier molecular flexibility index (Phi) is 5.38. The molecule has 0 aliphatic carbocycles.